The van der Waals surface area contributed by atoms with Gasteiger partial charge in [-0.2, -0.15) is 0 Å². The fraction of sp³-hybridized carbons (Fsp3) is 0.197. The molecule has 6 nitrogen and oxygen atoms in total. The summed E-state index contributed by atoms with van der Waals surface area (Å²) in [6.45, 7) is 27.8. The summed E-state index contributed by atoms with van der Waals surface area (Å²) in [4.78, 5) is 14.0. The second kappa shape index (κ2) is 17.2. The number of hydrogen-bond acceptors (Lipinski definition) is 3. The normalized spacial score (nSPS) is 12.1. The van der Waals surface area contributed by atoms with E-state index >= 15 is 0 Å². The molecule has 10 aromatic rings. The van der Waals surface area contributed by atoms with E-state index in [2.05, 4.69) is 216 Å². The number of phenols is 1. The Bertz CT molecular complexity index is 3580. The number of nitrogens with zero attached hydrogens (tertiary/aromatic N) is 5. The first-order chi connectivity index (χ1) is 32.0. The summed E-state index contributed by atoms with van der Waals surface area (Å²) < 4.78 is 4.52. The number of para-hydroxylation sites is 3. The minimum atomic E-state index is -0.197. The van der Waals surface area contributed by atoms with E-state index in [1.165, 1.54) is 33.5 Å². The van der Waals surface area contributed by atoms with Gasteiger partial charge in [-0.05, 0) is 93.1 Å². The van der Waals surface area contributed by atoms with E-state index in [0.29, 0.717) is 17.1 Å². The molecule has 0 fully saturated rings. The minimum absolute atomic E-state index is 0. The zero-order valence-electron chi connectivity index (χ0n) is 40.0. The average molecular weight is 1070 g/mol. The Balaban J connectivity index is 0.00000578. The first kappa shape index (κ1) is 46.1. The molecule has 0 amide bonds. The minimum Gasteiger partial charge on any atom is -0.509 e. The number of imidazole rings is 1. The largest absolute Gasteiger partial charge is 0.509 e. The van der Waals surface area contributed by atoms with Gasteiger partial charge in [-0.3, -0.25) is 9.55 Å². The maximum Gasteiger partial charge on any atom is 0.190 e. The fourth-order valence-electron chi connectivity index (χ4n) is 9.19. The van der Waals surface area contributed by atoms with Crippen LogP contribution >= 0.6 is 0 Å². The maximum atomic E-state index is 11.6. The third-order valence-corrected chi connectivity index (χ3v) is 13.0. The van der Waals surface area contributed by atoms with Crippen LogP contribution in [-0.4, -0.2) is 24.2 Å². The van der Waals surface area contributed by atoms with Crippen LogP contribution in [0.3, 0.4) is 0 Å². The van der Waals surface area contributed by atoms with Gasteiger partial charge in [0, 0.05) is 55.1 Å². The van der Waals surface area contributed by atoms with Crippen LogP contribution in [0.2, 0.25) is 0 Å². The molecule has 10 rings (SSSR count). The molecule has 0 atom stereocenters. The van der Waals surface area contributed by atoms with Gasteiger partial charge in [0.25, 0.3) is 0 Å². The zero-order chi connectivity index (χ0) is 47.0. The topological polar surface area (TPSA) is 60.2 Å². The first-order valence-electron chi connectivity index (χ1n) is 23.0. The zero-order valence-corrected chi connectivity index (χ0v) is 42.3. The van der Waals surface area contributed by atoms with Crippen molar-refractivity contribution in [2.75, 3.05) is 0 Å². The van der Waals surface area contributed by atoms with Crippen LogP contribution in [0.25, 0.3) is 94.0 Å². The molecule has 0 aliphatic carbocycles. The summed E-state index contributed by atoms with van der Waals surface area (Å²) in [5, 5.41) is 14.0. The monoisotopic (exact) mass is 1070 g/mol. The van der Waals surface area contributed by atoms with Crippen LogP contribution in [-0.2, 0) is 37.3 Å². The molecular formula is C61H54N5OPt-. The van der Waals surface area contributed by atoms with Crippen molar-refractivity contribution in [3.8, 4) is 62.0 Å². The van der Waals surface area contributed by atoms with Gasteiger partial charge < -0.3 is 9.67 Å². The second-order valence-electron chi connectivity index (χ2n) is 20.8. The predicted molar refractivity (Wildman–Crippen MR) is 278 cm³/mol. The third-order valence-electron chi connectivity index (χ3n) is 13.0. The molecule has 7 heteroatoms. The molecule has 0 aliphatic rings. The number of benzene rings is 7. The van der Waals surface area contributed by atoms with Crippen molar-refractivity contribution < 1.29 is 26.2 Å². The van der Waals surface area contributed by atoms with E-state index in [1.807, 2.05) is 6.20 Å². The van der Waals surface area contributed by atoms with Gasteiger partial charge in [-0.15, -0.1) is 29.3 Å². The van der Waals surface area contributed by atoms with Gasteiger partial charge >= 0.3 is 0 Å². The van der Waals surface area contributed by atoms with Crippen LogP contribution in [0.1, 0.15) is 79.0 Å². The van der Waals surface area contributed by atoms with E-state index in [4.69, 9.17) is 16.5 Å². The molecule has 0 saturated heterocycles. The van der Waals surface area contributed by atoms with Crippen molar-refractivity contribution >= 4 is 38.5 Å². The summed E-state index contributed by atoms with van der Waals surface area (Å²) in [6.07, 6.45) is 1.90. The number of rotatable bonds is 6. The number of aromatic hydroxyl groups is 1. The summed E-state index contributed by atoms with van der Waals surface area (Å²) in [6, 6.07) is 56.7. The molecule has 0 unspecified atom stereocenters. The molecule has 0 aliphatic heterocycles. The van der Waals surface area contributed by atoms with Gasteiger partial charge in [0.1, 0.15) is 11.6 Å². The fourth-order valence-corrected chi connectivity index (χ4v) is 9.19. The number of hydrogen-bond donors (Lipinski definition) is 1. The second-order valence-corrected chi connectivity index (χ2v) is 20.8. The maximum absolute atomic E-state index is 11.6. The van der Waals surface area contributed by atoms with Crippen molar-refractivity contribution in [1.29, 1.82) is 0 Å². The molecule has 340 valence electrons. The van der Waals surface area contributed by atoms with E-state index in [0.717, 1.165) is 67.0 Å². The standard InChI is InChI=1S/C61H54N5O.Pt/c1-59(2,3)42-30-40(29-41(31-42)52-32-39(27-28-63-52)38-23-25-50-49-19-14-15-21-53(49)65(55(50)33-38)46-17-12-11-13-18-46)48-20-16-22-54-57(48)64-58(51-26-24-45(62-10)37-56(51)67)66(54)47-35-43(60(4,5)6)34-44(36-47)61(7,8)9;/h11-28,30-37,67H,1-9H3;/q-1;. The third kappa shape index (κ3) is 8.35. The molecule has 0 spiro atoms. The molecule has 7 aromatic carbocycles. The van der Waals surface area contributed by atoms with E-state index in [1.54, 1.807) is 12.1 Å². The Morgan fingerprint density at radius 2 is 1.16 bits per heavy atom. The van der Waals surface area contributed by atoms with Gasteiger partial charge in [-0.25, -0.2) is 9.83 Å². The van der Waals surface area contributed by atoms with Gasteiger partial charge in [0.05, 0.1) is 34.2 Å². The van der Waals surface area contributed by atoms with E-state index < -0.39 is 0 Å². The molecule has 68 heavy (non-hydrogen) atoms. The van der Waals surface area contributed by atoms with E-state index in [-0.39, 0.29) is 43.1 Å². The van der Waals surface area contributed by atoms with Gasteiger partial charge in [-0.1, -0.05) is 158 Å². The van der Waals surface area contributed by atoms with Crippen LogP contribution < -0.4 is 0 Å². The molecule has 0 saturated carbocycles. The predicted octanol–water partition coefficient (Wildman–Crippen LogP) is 16.1. The van der Waals surface area contributed by atoms with Crippen LogP contribution in [0.15, 0.2) is 158 Å². The number of pyridine rings is 1. The Morgan fingerprint density at radius 1 is 0.529 bits per heavy atom. The van der Waals surface area contributed by atoms with Gasteiger partial charge in [0.15, 0.2) is 5.69 Å². The molecule has 1 N–H and O–H groups in total. The smallest absolute Gasteiger partial charge is 0.190 e. The van der Waals surface area contributed by atoms with Gasteiger partial charge in [0.2, 0.25) is 0 Å². The Hall–Kier alpha value is -7.06. The molecule has 3 heterocycles. The molecule has 0 radical (unpaired) electrons. The molecule has 0 bridgehead atoms. The number of fused-ring (bicyclic) bond motifs is 4. The van der Waals surface area contributed by atoms with Crippen molar-refractivity contribution in [2.24, 2.45) is 0 Å². The summed E-state index contributed by atoms with van der Waals surface area (Å²) in [5.74, 6) is 0.595. The average Bonchev–Trinajstić information content (AvgIpc) is 3.86. The van der Waals surface area contributed by atoms with E-state index in [9.17, 15) is 5.11 Å². The van der Waals surface area contributed by atoms with Crippen LogP contribution in [0.4, 0.5) is 5.69 Å². The van der Waals surface area contributed by atoms with Crippen molar-refractivity contribution in [2.45, 2.75) is 78.6 Å². The molecule has 3 aromatic heterocycles. The van der Waals surface area contributed by atoms with Crippen molar-refractivity contribution in [3.05, 3.63) is 192 Å². The Kier molecular flexibility index (Phi) is 11.7. The summed E-state index contributed by atoms with van der Waals surface area (Å²) >= 11 is 0. The van der Waals surface area contributed by atoms with Crippen LogP contribution in [0.5, 0.6) is 5.75 Å². The van der Waals surface area contributed by atoms with Crippen molar-refractivity contribution in [3.63, 3.8) is 0 Å². The number of phenolic OH excluding ortho intramolecular Hbond substituents is 1. The quantitative estimate of drug-likeness (QED) is 0.169. The summed E-state index contributed by atoms with van der Waals surface area (Å²) in [5.41, 5.74) is 15.8. The molecular weight excluding hydrogens is 1010 g/mol. The summed E-state index contributed by atoms with van der Waals surface area (Å²) in [7, 11) is 0. The SMILES string of the molecule is [C-]#[N+]c1ccc(-c2nc3c(-c4[c-]c(-c5cc(-c6ccc7c8ccccc8n(-c8ccccc8)c7c6)ccn5)cc(C(C)(C)C)c4)cccc3n2-c2cc(C(C)(C)C)cc(C(C)(C)C)c2)c(O)c1.[Pt]. The number of aromatic nitrogens is 4. The van der Waals surface area contributed by atoms with Crippen molar-refractivity contribution in [1.82, 2.24) is 19.1 Å². The van der Waals surface area contributed by atoms with Crippen LogP contribution in [0, 0.1) is 12.6 Å². The Morgan fingerprint density at radius 3 is 1.85 bits per heavy atom. The first-order valence-corrected chi connectivity index (χ1v) is 23.0. The Labute approximate surface area is 414 Å².